The maximum Gasteiger partial charge on any atom is 0.246 e. The summed E-state index contributed by atoms with van der Waals surface area (Å²) in [5, 5.41) is 16.9. The Kier molecular flexibility index (Phi) is 5.80. The molecule has 2 aromatic carbocycles. The van der Waals surface area contributed by atoms with Gasteiger partial charge in [-0.2, -0.15) is 5.10 Å². The van der Waals surface area contributed by atoms with E-state index in [2.05, 4.69) is 17.1 Å². The van der Waals surface area contributed by atoms with Gasteiger partial charge in [-0.1, -0.05) is 30.3 Å². The summed E-state index contributed by atoms with van der Waals surface area (Å²) in [5.41, 5.74) is 6.31. The summed E-state index contributed by atoms with van der Waals surface area (Å²) >= 11 is 0. The van der Waals surface area contributed by atoms with Gasteiger partial charge in [0, 0.05) is 31.9 Å². The van der Waals surface area contributed by atoms with E-state index in [1.807, 2.05) is 46.0 Å². The molecule has 2 saturated heterocycles. The number of fused-ring (bicyclic) bond motifs is 2. The summed E-state index contributed by atoms with van der Waals surface area (Å²) in [6.45, 7) is 5.29. The van der Waals surface area contributed by atoms with Gasteiger partial charge in [0.2, 0.25) is 11.8 Å². The molecule has 9 heteroatoms. The van der Waals surface area contributed by atoms with Crippen molar-refractivity contribution >= 4 is 22.7 Å². The molecule has 0 aliphatic carbocycles. The van der Waals surface area contributed by atoms with Crippen LogP contribution in [0.25, 0.3) is 10.9 Å². The van der Waals surface area contributed by atoms with Gasteiger partial charge in [0.05, 0.1) is 24.8 Å². The van der Waals surface area contributed by atoms with Gasteiger partial charge in [0.15, 0.2) is 0 Å². The fraction of sp³-hybridized carbons (Fsp3) is 0.320. The highest BCUT2D eigenvalue weighted by molar-refractivity contribution is 5.91. The number of hydrogen-bond acceptors (Lipinski definition) is 6. The van der Waals surface area contributed by atoms with Crippen molar-refractivity contribution in [1.82, 2.24) is 30.0 Å². The van der Waals surface area contributed by atoms with Crippen molar-refractivity contribution in [2.75, 3.05) is 19.6 Å². The van der Waals surface area contributed by atoms with E-state index in [1.54, 1.807) is 35.2 Å². The normalized spacial score (nSPS) is 21.2. The van der Waals surface area contributed by atoms with Crippen LogP contribution >= 0.6 is 0 Å². The quantitative estimate of drug-likeness (QED) is 0.540. The number of amides is 2. The molecule has 0 saturated carbocycles. The zero-order chi connectivity index (χ0) is 23.8. The molecule has 2 aliphatic heterocycles. The monoisotopic (exact) mass is 460 g/mol. The Morgan fingerprint density at radius 1 is 1.21 bits per heavy atom. The number of aryl methyl sites for hydroxylation is 1. The summed E-state index contributed by atoms with van der Waals surface area (Å²) < 4.78 is 1.82. The highest BCUT2D eigenvalue weighted by Crippen LogP contribution is 2.27. The molecule has 5 rings (SSSR count). The van der Waals surface area contributed by atoms with Crippen molar-refractivity contribution in [3.05, 3.63) is 72.4 Å². The lowest BCUT2D eigenvalue weighted by molar-refractivity contribution is -0.168. The third kappa shape index (κ3) is 4.04. The topological polar surface area (TPSA) is 93.9 Å². The second-order valence-electron chi connectivity index (χ2n) is 8.84. The number of carbonyl (C=O) groups is 2. The van der Waals surface area contributed by atoms with Crippen LogP contribution in [0, 0.1) is 0 Å². The van der Waals surface area contributed by atoms with Gasteiger partial charge in [-0.05, 0) is 29.3 Å². The number of hydrazine groups is 1. The minimum absolute atomic E-state index is 0.0856. The lowest BCUT2D eigenvalue weighted by Crippen LogP contribution is -2.74. The van der Waals surface area contributed by atoms with Gasteiger partial charge in [-0.15, -0.1) is 6.58 Å². The minimum Gasteiger partial charge on any atom is -0.508 e. The molecule has 0 radical (unpaired) electrons. The van der Waals surface area contributed by atoms with E-state index in [0.717, 1.165) is 22.0 Å². The Morgan fingerprint density at radius 2 is 2.00 bits per heavy atom. The molecule has 9 nitrogen and oxygen atoms in total. The predicted molar refractivity (Wildman–Crippen MR) is 127 cm³/mol. The summed E-state index contributed by atoms with van der Waals surface area (Å²) in [4.78, 5) is 30.4. The Morgan fingerprint density at radius 3 is 2.76 bits per heavy atom. The van der Waals surface area contributed by atoms with E-state index in [-0.39, 0.29) is 30.3 Å². The number of nitrogens with one attached hydrogen (secondary N) is 1. The number of hydrogen-bond donors (Lipinski definition) is 2. The highest BCUT2D eigenvalue weighted by atomic mass is 16.3. The Balaban J connectivity index is 1.47. The predicted octanol–water partition coefficient (Wildman–Crippen LogP) is 1.39. The largest absolute Gasteiger partial charge is 0.508 e. The van der Waals surface area contributed by atoms with Crippen LogP contribution in [0.3, 0.4) is 0 Å². The van der Waals surface area contributed by atoms with Gasteiger partial charge < -0.3 is 14.9 Å². The first-order valence-corrected chi connectivity index (χ1v) is 11.3. The third-order valence-corrected chi connectivity index (χ3v) is 6.57. The molecule has 3 aromatic rings. The van der Waals surface area contributed by atoms with E-state index in [0.29, 0.717) is 26.1 Å². The van der Waals surface area contributed by atoms with Crippen LogP contribution in [0.5, 0.6) is 5.75 Å². The molecule has 0 spiro atoms. The number of carbonyl (C=O) groups excluding carboxylic acids is 2. The molecule has 2 N–H and O–H groups in total. The average molecular weight is 461 g/mol. The molecule has 2 atom stereocenters. The molecule has 2 amide bonds. The van der Waals surface area contributed by atoms with Gasteiger partial charge in [0.25, 0.3) is 0 Å². The van der Waals surface area contributed by atoms with Crippen LogP contribution in [0.15, 0.2) is 61.3 Å². The molecule has 34 heavy (non-hydrogen) atoms. The molecule has 0 unspecified atom stereocenters. The van der Waals surface area contributed by atoms with Gasteiger partial charge in [-0.3, -0.25) is 14.3 Å². The molecule has 2 aliphatic rings. The maximum absolute atomic E-state index is 13.8. The number of nitrogens with zero attached hydrogens (tertiary/aromatic N) is 5. The Labute approximate surface area is 197 Å². The minimum atomic E-state index is -0.637. The maximum atomic E-state index is 13.8. The summed E-state index contributed by atoms with van der Waals surface area (Å²) in [5.74, 6) is -0.00662. The SMILES string of the molecule is C=CCN1CC(=O)N2[C@H](CN(Cc3cccc4c3cnn4C)C(=O)[C@@H]2Cc2ccc(O)cc2)N1. The molecular weight excluding hydrogens is 432 g/mol. The molecule has 2 fully saturated rings. The number of phenols is 1. The summed E-state index contributed by atoms with van der Waals surface area (Å²) in [7, 11) is 1.90. The zero-order valence-electron chi connectivity index (χ0n) is 19.1. The molecular formula is C25H28N6O3. The van der Waals surface area contributed by atoms with Crippen molar-refractivity contribution in [3.63, 3.8) is 0 Å². The Bertz CT molecular complexity index is 1240. The first-order valence-electron chi connectivity index (χ1n) is 11.3. The Hall–Kier alpha value is -3.69. The van der Waals surface area contributed by atoms with Crippen molar-refractivity contribution in [3.8, 4) is 5.75 Å². The standard InChI is InChI=1S/C25H28N6O3/c1-3-11-30-16-24(33)31-22(12-17-7-9-19(32)10-8-17)25(34)29(15-23(31)27-30)14-18-5-4-6-21-20(18)13-26-28(21)2/h3-10,13,22-23,27,32H,1,11-12,14-16H2,2H3/t22-,23+/m0/s1. The van der Waals surface area contributed by atoms with E-state index >= 15 is 0 Å². The third-order valence-electron chi connectivity index (χ3n) is 6.57. The van der Waals surface area contributed by atoms with Crippen LogP contribution < -0.4 is 5.43 Å². The fourth-order valence-corrected chi connectivity index (χ4v) is 4.92. The summed E-state index contributed by atoms with van der Waals surface area (Å²) in [6, 6.07) is 12.1. The number of aromatic hydroxyl groups is 1. The molecule has 0 bridgehead atoms. The molecule has 1 aromatic heterocycles. The zero-order valence-corrected chi connectivity index (χ0v) is 19.1. The number of benzene rings is 2. The van der Waals surface area contributed by atoms with Crippen molar-refractivity contribution in [2.45, 2.75) is 25.2 Å². The van der Waals surface area contributed by atoms with Crippen LogP contribution in [0.1, 0.15) is 11.1 Å². The highest BCUT2D eigenvalue weighted by Gasteiger charge is 2.46. The molecule has 176 valence electrons. The van der Waals surface area contributed by atoms with Gasteiger partial charge in [-0.25, -0.2) is 10.4 Å². The van der Waals surface area contributed by atoms with E-state index in [4.69, 9.17) is 0 Å². The molecule has 3 heterocycles. The number of aromatic nitrogens is 2. The van der Waals surface area contributed by atoms with E-state index in [9.17, 15) is 14.7 Å². The number of phenolic OH excluding ortho intramolecular Hbond substituents is 1. The summed E-state index contributed by atoms with van der Waals surface area (Å²) in [6.07, 6.45) is 3.61. The van der Waals surface area contributed by atoms with Crippen molar-refractivity contribution in [2.24, 2.45) is 7.05 Å². The first kappa shape index (κ1) is 22.1. The van der Waals surface area contributed by atoms with E-state index in [1.165, 1.54) is 0 Å². The lowest BCUT2D eigenvalue weighted by atomic mass is 9.98. The van der Waals surface area contributed by atoms with Gasteiger partial charge >= 0.3 is 0 Å². The number of rotatable bonds is 6. The fourth-order valence-electron chi connectivity index (χ4n) is 4.92. The van der Waals surface area contributed by atoms with Crippen molar-refractivity contribution < 1.29 is 14.7 Å². The number of piperazine rings is 1. The van der Waals surface area contributed by atoms with Crippen LogP contribution in [0.4, 0.5) is 0 Å². The second-order valence-corrected chi connectivity index (χ2v) is 8.84. The van der Waals surface area contributed by atoms with Crippen molar-refractivity contribution in [1.29, 1.82) is 0 Å². The first-order chi connectivity index (χ1) is 16.4. The van der Waals surface area contributed by atoms with Crippen LogP contribution in [0.2, 0.25) is 0 Å². The smallest absolute Gasteiger partial charge is 0.246 e. The van der Waals surface area contributed by atoms with Crippen LogP contribution in [-0.4, -0.2) is 73.4 Å². The van der Waals surface area contributed by atoms with Gasteiger partial charge in [0.1, 0.15) is 18.0 Å². The lowest BCUT2D eigenvalue weighted by Gasteiger charge is -2.50. The van der Waals surface area contributed by atoms with E-state index < -0.39 is 6.04 Å². The second kappa shape index (κ2) is 8.92. The van der Waals surface area contributed by atoms with Crippen LogP contribution in [-0.2, 0) is 29.6 Å². The average Bonchev–Trinajstić information content (AvgIpc) is 3.20.